The first kappa shape index (κ1) is 28.7. The molecule has 0 aliphatic heterocycles. The minimum Gasteiger partial charge on any atom is -0.490 e. The summed E-state index contributed by atoms with van der Waals surface area (Å²) < 4.78 is 13.1. The zero-order valence-corrected chi connectivity index (χ0v) is 24.0. The van der Waals surface area contributed by atoms with Crippen LogP contribution in [0.4, 0.5) is 0 Å². The maximum atomic E-state index is 13.7. The topological polar surface area (TPSA) is 99.4 Å². The summed E-state index contributed by atoms with van der Waals surface area (Å²) in [4.78, 5) is 22.5. The minimum absolute atomic E-state index is 0. The van der Waals surface area contributed by atoms with Crippen LogP contribution in [0.25, 0.3) is 49.7 Å². The number of fused-ring (bicyclic) bond motifs is 2. The van der Waals surface area contributed by atoms with Crippen LogP contribution in [0.1, 0.15) is 19.4 Å². The lowest BCUT2D eigenvalue weighted by molar-refractivity contribution is 0.282. The Kier molecular flexibility index (Phi) is 8.47. The van der Waals surface area contributed by atoms with Gasteiger partial charge >= 0.3 is 0 Å². The van der Waals surface area contributed by atoms with Gasteiger partial charge in [-0.3, -0.25) is 9.78 Å². The first-order valence-corrected chi connectivity index (χ1v) is 13.5. The number of hydrogen-bond donors (Lipinski definition) is 1. The third-order valence-electron chi connectivity index (χ3n) is 6.87. The third kappa shape index (κ3) is 5.30. The Morgan fingerprint density at radius 3 is 2.29 bits per heavy atom. The monoisotopic (exact) mass is 580 g/mol. The molecule has 0 atom stereocenters. The van der Waals surface area contributed by atoms with Gasteiger partial charge in [0.1, 0.15) is 5.69 Å². The SMILES string of the molecule is CCOc1cc2cc(CO)cc(-c3ccnc(-n4nc(-c5cccnc5)c5ccccc5c4=O)c3)c2cc1OCC.Cl. The van der Waals surface area contributed by atoms with Gasteiger partial charge in [-0.2, -0.15) is 9.78 Å². The predicted octanol–water partition coefficient (Wildman–Crippen LogP) is 6.37. The van der Waals surface area contributed by atoms with Crippen LogP contribution < -0.4 is 15.0 Å². The Morgan fingerprint density at radius 2 is 1.57 bits per heavy atom. The van der Waals surface area contributed by atoms with E-state index in [1.165, 1.54) is 4.68 Å². The van der Waals surface area contributed by atoms with Gasteiger partial charge in [-0.1, -0.05) is 18.2 Å². The summed E-state index contributed by atoms with van der Waals surface area (Å²) in [6.45, 7) is 4.72. The van der Waals surface area contributed by atoms with Crippen molar-refractivity contribution in [2.45, 2.75) is 20.5 Å². The molecule has 6 aromatic rings. The van der Waals surface area contributed by atoms with E-state index in [1.807, 2.05) is 80.6 Å². The second kappa shape index (κ2) is 12.4. The molecular weight excluding hydrogens is 552 g/mol. The summed E-state index contributed by atoms with van der Waals surface area (Å²) >= 11 is 0. The Bertz CT molecular complexity index is 1940. The van der Waals surface area contributed by atoms with Crippen molar-refractivity contribution in [1.82, 2.24) is 19.7 Å². The Balaban J connectivity index is 0.00000353. The summed E-state index contributed by atoms with van der Waals surface area (Å²) in [5.74, 6) is 1.66. The highest BCUT2D eigenvalue weighted by molar-refractivity contribution is 5.99. The van der Waals surface area contributed by atoms with Crippen molar-refractivity contribution < 1.29 is 14.6 Å². The van der Waals surface area contributed by atoms with Gasteiger partial charge in [-0.05, 0) is 95.9 Å². The molecule has 0 spiro atoms. The molecule has 0 fully saturated rings. The van der Waals surface area contributed by atoms with Crippen molar-refractivity contribution in [1.29, 1.82) is 0 Å². The average molecular weight is 581 g/mol. The Hall–Kier alpha value is -4.79. The van der Waals surface area contributed by atoms with Gasteiger partial charge in [0.2, 0.25) is 0 Å². The molecule has 0 bridgehead atoms. The number of rotatable bonds is 8. The van der Waals surface area contributed by atoms with Gasteiger partial charge in [0.05, 0.1) is 25.2 Å². The van der Waals surface area contributed by atoms with Crippen LogP contribution in [-0.4, -0.2) is 38.1 Å². The largest absolute Gasteiger partial charge is 0.490 e. The summed E-state index contributed by atoms with van der Waals surface area (Å²) in [6.07, 6.45) is 5.09. The fourth-order valence-electron chi connectivity index (χ4n) is 5.06. The molecule has 0 aliphatic rings. The van der Waals surface area contributed by atoms with Crippen molar-refractivity contribution in [3.63, 3.8) is 0 Å². The summed E-state index contributed by atoms with van der Waals surface area (Å²) in [7, 11) is 0. The van der Waals surface area contributed by atoms with Crippen molar-refractivity contribution in [3.05, 3.63) is 107 Å². The molecule has 0 saturated carbocycles. The molecule has 3 heterocycles. The fourth-order valence-corrected chi connectivity index (χ4v) is 5.06. The second-order valence-corrected chi connectivity index (χ2v) is 9.44. The van der Waals surface area contributed by atoms with Gasteiger partial charge < -0.3 is 14.6 Å². The average Bonchev–Trinajstić information content (AvgIpc) is 3.02. The second-order valence-electron chi connectivity index (χ2n) is 9.44. The molecule has 3 aromatic heterocycles. The lowest BCUT2D eigenvalue weighted by Gasteiger charge is -2.16. The van der Waals surface area contributed by atoms with Crippen LogP contribution in [0.5, 0.6) is 11.5 Å². The van der Waals surface area contributed by atoms with Crippen molar-refractivity contribution in [2.24, 2.45) is 0 Å². The standard InChI is InChI=1S/C33H28N4O4.ClH/c1-3-40-29-16-24-14-21(20-38)15-27(28(24)18-30(29)41-4-2)22-11-13-35-31(17-22)37-33(39)26-10-6-5-9-25(26)32(36-37)23-8-7-12-34-19-23;/h5-19,38H,3-4,20H2,1-2H3;1H. The summed E-state index contributed by atoms with van der Waals surface area (Å²) in [5, 5.41) is 17.9. The number of ether oxygens (including phenoxy) is 2. The van der Waals surface area contributed by atoms with Gasteiger partial charge in [0, 0.05) is 29.5 Å². The van der Waals surface area contributed by atoms with Gasteiger partial charge in [0.25, 0.3) is 5.56 Å². The summed E-state index contributed by atoms with van der Waals surface area (Å²) in [6, 6.07) is 22.7. The quantitative estimate of drug-likeness (QED) is 0.223. The molecule has 0 saturated heterocycles. The van der Waals surface area contributed by atoms with E-state index in [-0.39, 0.29) is 24.6 Å². The van der Waals surface area contributed by atoms with E-state index in [2.05, 4.69) is 9.97 Å². The van der Waals surface area contributed by atoms with Gasteiger partial charge in [-0.15, -0.1) is 12.4 Å². The lowest BCUT2D eigenvalue weighted by Crippen LogP contribution is -2.23. The van der Waals surface area contributed by atoms with E-state index in [9.17, 15) is 9.90 Å². The van der Waals surface area contributed by atoms with Crippen LogP contribution in [0.15, 0.2) is 96.2 Å². The maximum absolute atomic E-state index is 13.7. The smallest absolute Gasteiger partial charge is 0.280 e. The molecule has 42 heavy (non-hydrogen) atoms. The van der Waals surface area contributed by atoms with Crippen LogP contribution in [-0.2, 0) is 6.61 Å². The number of aliphatic hydroxyl groups is 1. The normalized spacial score (nSPS) is 10.9. The first-order valence-electron chi connectivity index (χ1n) is 13.5. The van der Waals surface area contributed by atoms with Crippen molar-refractivity contribution in [2.75, 3.05) is 13.2 Å². The Morgan fingerprint density at radius 1 is 0.810 bits per heavy atom. The maximum Gasteiger partial charge on any atom is 0.280 e. The van der Waals surface area contributed by atoms with Gasteiger partial charge in [0.15, 0.2) is 17.3 Å². The van der Waals surface area contributed by atoms with Crippen LogP contribution >= 0.6 is 12.4 Å². The minimum atomic E-state index is -0.271. The highest BCUT2D eigenvalue weighted by Gasteiger charge is 2.17. The first-order chi connectivity index (χ1) is 20.1. The lowest BCUT2D eigenvalue weighted by atomic mass is 9.95. The molecule has 1 N–H and O–H groups in total. The van der Waals surface area contributed by atoms with Crippen LogP contribution in [0.3, 0.4) is 0 Å². The highest BCUT2D eigenvalue weighted by atomic mass is 35.5. The molecule has 0 unspecified atom stereocenters. The number of halogens is 1. The third-order valence-corrected chi connectivity index (χ3v) is 6.87. The number of hydrogen-bond acceptors (Lipinski definition) is 7. The van der Waals surface area contributed by atoms with Gasteiger partial charge in [-0.25, -0.2) is 4.98 Å². The van der Waals surface area contributed by atoms with E-state index >= 15 is 0 Å². The number of nitrogens with zero attached hydrogens (tertiary/aromatic N) is 4. The van der Waals surface area contributed by atoms with E-state index in [0.717, 1.165) is 38.4 Å². The zero-order chi connectivity index (χ0) is 28.3. The number of aromatic nitrogens is 4. The van der Waals surface area contributed by atoms with E-state index in [4.69, 9.17) is 14.6 Å². The van der Waals surface area contributed by atoms with Crippen molar-refractivity contribution in [3.8, 4) is 39.7 Å². The number of pyridine rings is 2. The number of aliphatic hydroxyl groups excluding tert-OH is 1. The molecule has 0 radical (unpaired) electrons. The summed E-state index contributed by atoms with van der Waals surface area (Å²) in [5.41, 5.74) is 3.58. The van der Waals surface area contributed by atoms with E-state index in [0.29, 0.717) is 41.6 Å². The predicted molar refractivity (Wildman–Crippen MR) is 167 cm³/mol. The molecule has 3 aromatic carbocycles. The Labute approximate surface area is 248 Å². The highest BCUT2D eigenvalue weighted by Crippen LogP contribution is 2.38. The molecule has 0 amide bonds. The number of benzene rings is 3. The molecule has 212 valence electrons. The van der Waals surface area contributed by atoms with Crippen LogP contribution in [0.2, 0.25) is 0 Å². The van der Waals surface area contributed by atoms with E-state index in [1.54, 1.807) is 24.7 Å². The van der Waals surface area contributed by atoms with Crippen LogP contribution in [0, 0.1) is 0 Å². The molecule has 0 aliphatic carbocycles. The molecule has 9 heteroatoms. The van der Waals surface area contributed by atoms with Crippen molar-refractivity contribution >= 4 is 34.0 Å². The van der Waals surface area contributed by atoms with E-state index < -0.39 is 0 Å². The fraction of sp³-hybridized carbons (Fsp3) is 0.152. The molecular formula is C33H29ClN4O4. The molecule has 8 nitrogen and oxygen atoms in total. The molecule has 6 rings (SSSR count). The zero-order valence-electron chi connectivity index (χ0n) is 23.2.